The van der Waals surface area contributed by atoms with Crippen molar-refractivity contribution in [3.63, 3.8) is 0 Å². The number of hydrogen-bond acceptors (Lipinski definition) is 7. The molecule has 1 aromatic carbocycles. The summed E-state index contributed by atoms with van der Waals surface area (Å²) in [6.07, 6.45) is 0. The lowest BCUT2D eigenvalue weighted by molar-refractivity contribution is 0.0684. The molecule has 1 aliphatic heterocycles. The van der Waals surface area contributed by atoms with Gasteiger partial charge in [0.1, 0.15) is 0 Å². The van der Waals surface area contributed by atoms with E-state index < -0.39 is 0 Å². The van der Waals surface area contributed by atoms with E-state index in [1.165, 1.54) is 16.7 Å². The molecule has 0 aliphatic carbocycles. The van der Waals surface area contributed by atoms with Crippen LogP contribution in [0.3, 0.4) is 0 Å². The molecule has 2 aromatic rings. The highest BCUT2D eigenvalue weighted by Crippen LogP contribution is 2.25. The van der Waals surface area contributed by atoms with Gasteiger partial charge >= 0.3 is 0 Å². The van der Waals surface area contributed by atoms with Gasteiger partial charge in [0.25, 0.3) is 11.8 Å². The van der Waals surface area contributed by atoms with Crippen molar-refractivity contribution in [1.82, 2.24) is 25.1 Å². The monoisotopic (exact) mass is 304 g/mol. The summed E-state index contributed by atoms with van der Waals surface area (Å²) in [5.74, 6) is -0.418. The van der Waals surface area contributed by atoms with Crippen LogP contribution in [0.4, 0.5) is 0 Å². The van der Waals surface area contributed by atoms with Crippen LogP contribution in [0.5, 0.6) is 0 Å². The molecule has 8 nitrogen and oxygen atoms in total. The Hall–Kier alpha value is -2.26. The zero-order valence-electron chi connectivity index (χ0n) is 11.0. The second-order valence-electron chi connectivity index (χ2n) is 4.33. The van der Waals surface area contributed by atoms with Crippen LogP contribution in [-0.4, -0.2) is 49.3 Å². The molecule has 0 saturated carbocycles. The lowest BCUT2D eigenvalue weighted by Crippen LogP contribution is -2.29. The number of amides is 2. The third-order valence-corrected chi connectivity index (χ3v) is 3.98. The predicted molar refractivity (Wildman–Crippen MR) is 74.5 cm³/mol. The zero-order chi connectivity index (χ0) is 14.8. The van der Waals surface area contributed by atoms with E-state index in [0.29, 0.717) is 29.4 Å². The number of nitrogens with zero attached hydrogens (tertiary/aromatic N) is 5. The molecule has 0 bridgehead atoms. The Morgan fingerprint density at radius 1 is 1.14 bits per heavy atom. The minimum atomic E-state index is -0.291. The van der Waals surface area contributed by atoms with E-state index in [0.717, 1.165) is 0 Å². The standard InChI is InChI=1S/C12H12N6O2S/c13-5-6-18-12(14-15-16-18)21-7-17-10(19)8-3-1-2-4-9(8)11(17)20/h1-4H,5-7,13H2. The molecule has 108 valence electrons. The Balaban J connectivity index is 1.74. The average Bonchev–Trinajstić information content (AvgIpc) is 3.03. The van der Waals surface area contributed by atoms with Crippen molar-refractivity contribution >= 4 is 23.6 Å². The first-order chi connectivity index (χ1) is 10.2. The van der Waals surface area contributed by atoms with Crippen molar-refractivity contribution in [3.05, 3.63) is 35.4 Å². The number of benzene rings is 1. The van der Waals surface area contributed by atoms with Crippen LogP contribution in [-0.2, 0) is 6.54 Å². The minimum absolute atomic E-state index is 0.164. The summed E-state index contributed by atoms with van der Waals surface area (Å²) >= 11 is 1.22. The van der Waals surface area contributed by atoms with Crippen molar-refractivity contribution in [3.8, 4) is 0 Å². The molecule has 0 saturated heterocycles. The number of nitrogens with two attached hydrogens (primary N) is 1. The van der Waals surface area contributed by atoms with Gasteiger partial charge in [0.05, 0.1) is 23.5 Å². The van der Waals surface area contributed by atoms with Crippen molar-refractivity contribution in [2.24, 2.45) is 5.73 Å². The van der Waals surface area contributed by atoms with E-state index in [-0.39, 0.29) is 17.7 Å². The highest BCUT2D eigenvalue weighted by molar-refractivity contribution is 7.99. The van der Waals surface area contributed by atoms with Gasteiger partial charge in [-0.1, -0.05) is 23.9 Å². The van der Waals surface area contributed by atoms with Gasteiger partial charge in [0.2, 0.25) is 5.16 Å². The van der Waals surface area contributed by atoms with E-state index in [9.17, 15) is 9.59 Å². The Bertz CT molecular complexity index is 666. The normalized spacial score (nSPS) is 13.9. The van der Waals surface area contributed by atoms with Crippen LogP contribution >= 0.6 is 11.8 Å². The first kappa shape index (κ1) is 13.7. The van der Waals surface area contributed by atoms with Crippen molar-refractivity contribution in [2.45, 2.75) is 11.7 Å². The van der Waals surface area contributed by atoms with E-state index >= 15 is 0 Å². The highest BCUT2D eigenvalue weighted by atomic mass is 32.2. The van der Waals surface area contributed by atoms with Gasteiger partial charge < -0.3 is 5.73 Å². The molecule has 1 aromatic heterocycles. The molecule has 0 fully saturated rings. The first-order valence-electron chi connectivity index (χ1n) is 6.26. The largest absolute Gasteiger partial charge is 0.329 e. The lowest BCUT2D eigenvalue weighted by atomic mass is 10.1. The fraction of sp³-hybridized carbons (Fsp3) is 0.250. The number of imide groups is 1. The van der Waals surface area contributed by atoms with Crippen LogP contribution in [0.1, 0.15) is 20.7 Å². The van der Waals surface area contributed by atoms with E-state index in [1.54, 1.807) is 28.9 Å². The van der Waals surface area contributed by atoms with Crippen molar-refractivity contribution in [2.75, 3.05) is 12.4 Å². The maximum atomic E-state index is 12.2. The third-order valence-electron chi connectivity index (χ3n) is 3.04. The molecule has 3 rings (SSSR count). The summed E-state index contributed by atoms with van der Waals surface area (Å²) in [5.41, 5.74) is 6.33. The molecule has 2 heterocycles. The van der Waals surface area contributed by atoms with Crippen molar-refractivity contribution < 1.29 is 9.59 Å². The van der Waals surface area contributed by atoms with Gasteiger partial charge in [0, 0.05) is 6.54 Å². The van der Waals surface area contributed by atoms with E-state index in [1.807, 2.05) is 0 Å². The fourth-order valence-electron chi connectivity index (χ4n) is 2.04. The van der Waals surface area contributed by atoms with Crippen LogP contribution in [0, 0.1) is 0 Å². The molecule has 0 unspecified atom stereocenters. The zero-order valence-corrected chi connectivity index (χ0v) is 11.8. The number of rotatable bonds is 5. The summed E-state index contributed by atoms with van der Waals surface area (Å²) in [6.45, 7) is 0.892. The van der Waals surface area contributed by atoms with Crippen LogP contribution in [0.2, 0.25) is 0 Å². The molecule has 2 N–H and O–H groups in total. The summed E-state index contributed by atoms with van der Waals surface area (Å²) in [6, 6.07) is 6.78. The van der Waals surface area contributed by atoms with E-state index in [2.05, 4.69) is 15.5 Å². The highest BCUT2D eigenvalue weighted by Gasteiger charge is 2.35. The number of hydrogen-bond donors (Lipinski definition) is 1. The Kier molecular flexibility index (Phi) is 3.67. The van der Waals surface area contributed by atoms with Crippen molar-refractivity contribution in [1.29, 1.82) is 0 Å². The predicted octanol–water partition coefficient (Wildman–Crippen LogP) is -0.0224. The van der Waals surface area contributed by atoms with Gasteiger partial charge in [-0.15, -0.1) is 5.10 Å². The number of carbonyl (C=O) groups excluding carboxylic acids is 2. The number of carbonyl (C=O) groups is 2. The number of fused-ring (bicyclic) bond motifs is 1. The van der Waals surface area contributed by atoms with Crippen LogP contribution in [0.25, 0.3) is 0 Å². The Morgan fingerprint density at radius 3 is 2.43 bits per heavy atom. The minimum Gasteiger partial charge on any atom is -0.329 e. The summed E-state index contributed by atoms with van der Waals surface area (Å²) in [5, 5.41) is 11.7. The molecule has 9 heteroatoms. The quantitative estimate of drug-likeness (QED) is 0.611. The van der Waals surface area contributed by atoms with Gasteiger partial charge in [-0.25, -0.2) is 4.68 Å². The lowest BCUT2D eigenvalue weighted by Gasteiger charge is -2.12. The maximum absolute atomic E-state index is 12.2. The molecule has 0 spiro atoms. The summed E-state index contributed by atoms with van der Waals surface area (Å²) in [7, 11) is 0. The molecule has 0 radical (unpaired) electrons. The molecule has 2 amide bonds. The van der Waals surface area contributed by atoms with Gasteiger partial charge in [-0.2, -0.15) is 0 Å². The topological polar surface area (TPSA) is 107 Å². The third kappa shape index (κ3) is 2.41. The Morgan fingerprint density at radius 2 is 1.81 bits per heavy atom. The van der Waals surface area contributed by atoms with Crippen LogP contribution < -0.4 is 5.73 Å². The number of aromatic nitrogens is 4. The molecule has 21 heavy (non-hydrogen) atoms. The molecule has 1 aliphatic rings. The molecular formula is C12H12N6O2S. The number of thioether (sulfide) groups is 1. The fourth-order valence-corrected chi connectivity index (χ4v) is 2.89. The smallest absolute Gasteiger partial charge is 0.262 e. The van der Waals surface area contributed by atoms with E-state index in [4.69, 9.17) is 5.73 Å². The van der Waals surface area contributed by atoms with Gasteiger partial charge in [-0.05, 0) is 22.6 Å². The SMILES string of the molecule is NCCn1nnnc1SCN1C(=O)c2ccccc2C1=O. The van der Waals surface area contributed by atoms with Crippen LogP contribution in [0.15, 0.2) is 29.4 Å². The average molecular weight is 304 g/mol. The maximum Gasteiger partial charge on any atom is 0.262 e. The Labute approximate surface area is 124 Å². The van der Waals surface area contributed by atoms with Gasteiger partial charge in [0.15, 0.2) is 0 Å². The molecular weight excluding hydrogens is 292 g/mol. The number of tetrazole rings is 1. The first-order valence-corrected chi connectivity index (χ1v) is 7.25. The van der Waals surface area contributed by atoms with Gasteiger partial charge in [-0.3, -0.25) is 14.5 Å². The second-order valence-corrected chi connectivity index (χ2v) is 5.24. The summed E-state index contributed by atoms with van der Waals surface area (Å²) < 4.78 is 1.54. The second kappa shape index (κ2) is 5.62. The molecule has 0 atom stereocenters. The summed E-state index contributed by atoms with van der Waals surface area (Å²) in [4.78, 5) is 25.6.